The van der Waals surface area contributed by atoms with Crippen LogP contribution in [-0.2, 0) is 10.5 Å². The Balaban J connectivity index is 2.10. The molecule has 1 aromatic heterocycles. The van der Waals surface area contributed by atoms with Crippen molar-refractivity contribution in [1.29, 1.82) is 0 Å². The van der Waals surface area contributed by atoms with Gasteiger partial charge in [-0.1, -0.05) is 50.7 Å². The highest BCUT2D eigenvalue weighted by molar-refractivity contribution is 8.00. The number of nitrogens with one attached hydrogen (secondary N) is 2. The SMILES string of the molecule is CCC(Sc1nc(CSC(C)C)cc(=O)[nH]1)C(=O)Nc1ccccc1C. The summed E-state index contributed by atoms with van der Waals surface area (Å²) in [7, 11) is 0. The van der Waals surface area contributed by atoms with E-state index >= 15 is 0 Å². The van der Waals surface area contributed by atoms with Crippen LogP contribution in [-0.4, -0.2) is 26.4 Å². The molecule has 140 valence electrons. The van der Waals surface area contributed by atoms with E-state index in [2.05, 4.69) is 29.1 Å². The summed E-state index contributed by atoms with van der Waals surface area (Å²) in [6.45, 7) is 8.12. The molecule has 1 heterocycles. The molecule has 1 unspecified atom stereocenters. The maximum Gasteiger partial charge on any atom is 0.251 e. The normalized spacial score (nSPS) is 12.2. The lowest BCUT2D eigenvalue weighted by Gasteiger charge is -2.15. The number of aryl methyl sites for hydroxylation is 1. The number of para-hydroxylation sites is 1. The fourth-order valence-corrected chi connectivity index (χ4v) is 3.83. The maximum atomic E-state index is 12.6. The highest BCUT2D eigenvalue weighted by atomic mass is 32.2. The van der Waals surface area contributed by atoms with Gasteiger partial charge >= 0.3 is 0 Å². The van der Waals surface area contributed by atoms with Crippen molar-refractivity contribution in [2.45, 2.75) is 55.5 Å². The van der Waals surface area contributed by atoms with E-state index in [4.69, 9.17) is 0 Å². The quantitative estimate of drug-likeness (QED) is 0.520. The van der Waals surface area contributed by atoms with Crippen LogP contribution in [0.4, 0.5) is 5.69 Å². The van der Waals surface area contributed by atoms with E-state index < -0.39 is 0 Å². The van der Waals surface area contributed by atoms with Gasteiger partial charge in [-0.15, -0.1) is 0 Å². The standard InChI is InChI=1S/C19H25N3O2S2/c1-5-16(18(24)21-15-9-7-6-8-13(15)4)26-19-20-14(10-17(23)22-19)11-25-12(2)3/h6-10,12,16H,5,11H2,1-4H3,(H,21,24)(H,20,22,23). The molecule has 2 aromatic rings. The Morgan fingerprint density at radius 2 is 2.04 bits per heavy atom. The average molecular weight is 392 g/mol. The molecule has 0 aliphatic rings. The molecule has 0 saturated carbocycles. The summed E-state index contributed by atoms with van der Waals surface area (Å²) in [4.78, 5) is 31.8. The third kappa shape index (κ3) is 6.21. The van der Waals surface area contributed by atoms with Gasteiger partial charge in [0.25, 0.3) is 5.56 Å². The zero-order valence-corrected chi connectivity index (χ0v) is 17.2. The Hall–Kier alpha value is -1.73. The van der Waals surface area contributed by atoms with Crippen molar-refractivity contribution in [3.8, 4) is 0 Å². The first kappa shape index (κ1) is 20.6. The number of H-pyrrole nitrogens is 1. The summed E-state index contributed by atoms with van der Waals surface area (Å²) in [5.41, 5.74) is 2.38. The van der Waals surface area contributed by atoms with Gasteiger partial charge in [0.2, 0.25) is 5.91 Å². The van der Waals surface area contributed by atoms with Crippen molar-refractivity contribution >= 4 is 35.1 Å². The number of aromatic amines is 1. The number of anilines is 1. The molecule has 7 heteroatoms. The van der Waals surface area contributed by atoms with Crippen LogP contribution in [0.1, 0.15) is 38.4 Å². The fraction of sp³-hybridized carbons (Fsp3) is 0.421. The molecule has 2 rings (SSSR count). The van der Waals surface area contributed by atoms with Crippen molar-refractivity contribution in [2.75, 3.05) is 5.32 Å². The number of hydrogen-bond donors (Lipinski definition) is 2. The topological polar surface area (TPSA) is 74.8 Å². The first-order valence-corrected chi connectivity index (χ1v) is 10.6. The monoisotopic (exact) mass is 391 g/mol. The second kappa shape index (κ2) is 9.83. The molecule has 0 radical (unpaired) electrons. The van der Waals surface area contributed by atoms with Gasteiger partial charge in [-0.3, -0.25) is 9.59 Å². The summed E-state index contributed by atoms with van der Waals surface area (Å²) < 4.78 is 0. The molecular weight excluding hydrogens is 366 g/mol. The largest absolute Gasteiger partial charge is 0.325 e. The zero-order chi connectivity index (χ0) is 19.1. The Morgan fingerprint density at radius 1 is 1.31 bits per heavy atom. The van der Waals surface area contributed by atoms with Crippen LogP contribution in [0.2, 0.25) is 0 Å². The summed E-state index contributed by atoms with van der Waals surface area (Å²) in [6.07, 6.45) is 0.636. The maximum absolute atomic E-state index is 12.6. The number of amides is 1. The van der Waals surface area contributed by atoms with E-state index in [9.17, 15) is 9.59 Å². The fourth-order valence-electron chi connectivity index (χ4n) is 2.25. The summed E-state index contributed by atoms with van der Waals surface area (Å²) in [5, 5.41) is 3.60. The number of thioether (sulfide) groups is 2. The number of rotatable bonds is 8. The van der Waals surface area contributed by atoms with E-state index in [1.807, 2.05) is 38.1 Å². The first-order valence-electron chi connectivity index (χ1n) is 8.64. The van der Waals surface area contributed by atoms with E-state index in [-0.39, 0.29) is 16.7 Å². The molecule has 1 amide bonds. The third-order valence-electron chi connectivity index (χ3n) is 3.66. The molecule has 0 aliphatic carbocycles. The van der Waals surface area contributed by atoms with Gasteiger partial charge in [0.05, 0.1) is 10.9 Å². The van der Waals surface area contributed by atoms with Crippen LogP contribution in [0, 0.1) is 6.92 Å². The molecule has 0 bridgehead atoms. The summed E-state index contributed by atoms with van der Waals surface area (Å²) in [5.74, 6) is 0.595. The van der Waals surface area contributed by atoms with Crippen LogP contribution in [0.5, 0.6) is 0 Å². The van der Waals surface area contributed by atoms with E-state index in [0.29, 0.717) is 22.6 Å². The molecule has 0 fully saturated rings. The summed E-state index contributed by atoms with van der Waals surface area (Å²) >= 11 is 3.03. The lowest BCUT2D eigenvalue weighted by atomic mass is 10.2. The van der Waals surface area contributed by atoms with Gasteiger partial charge < -0.3 is 10.3 Å². The minimum atomic E-state index is -0.328. The number of nitrogens with zero attached hydrogens (tertiary/aromatic N) is 1. The lowest BCUT2D eigenvalue weighted by Crippen LogP contribution is -2.25. The van der Waals surface area contributed by atoms with Gasteiger partial charge in [0.15, 0.2) is 5.16 Å². The lowest BCUT2D eigenvalue weighted by molar-refractivity contribution is -0.115. The van der Waals surface area contributed by atoms with Crippen LogP contribution < -0.4 is 10.9 Å². The number of aromatic nitrogens is 2. The molecule has 5 nitrogen and oxygen atoms in total. The molecule has 1 aromatic carbocycles. The molecular formula is C19H25N3O2S2. The van der Waals surface area contributed by atoms with Gasteiger partial charge in [0.1, 0.15) is 0 Å². The van der Waals surface area contributed by atoms with Crippen molar-refractivity contribution in [3.63, 3.8) is 0 Å². The van der Waals surface area contributed by atoms with Gasteiger partial charge in [0, 0.05) is 17.5 Å². The highest BCUT2D eigenvalue weighted by Gasteiger charge is 2.20. The van der Waals surface area contributed by atoms with Gasteiger partial charge in [-0.2, -0.15) is 11.8 Å². The Kier molecular flexibility index (Phi) is 7.78. The van der Waals surface area contributed by atoms with E-state index in [0.717, 1.165) is 16.9 Å². The predicted octanol–water partition coefficient (Wildman–Crippen LogP) is 4.23. The van der Waals surface area contributed by atoms with Gasteiger partial charge in [-0.25, -0.2) is 4.98 Å². The van der Waals surface area contributed by atoms with Crippen LogP contribution in [0.15, 0.2) is 40.3 Å². The highest BCUT2D eigenvalue weighted by Crippen LogP contribution is 2.24. The van der Waals surface area contributed by atoms with E-state index in [1.54, 1.807) is 11.8 Å². The van der Waals surface area contributed by atoms with Crippen LogP contribution in [0.25, 0.3) is 0 Å². The molecule has 2 N–H and O–H groups in total. The van der Waals surface area contributed by atoms with Crippen molar-refractivity contribution < 1.29 is 4.79 Å². The van der Waals surface area contributed by atoms with E-state index in [1.165, 1.54) is 17.8 Å². The minimum Gasteiger partial charge on any atom is -0.325 e. The number of benzene rings is 1. The van der Waals surface area contributed by atoms with Crippen LogP contribution >= 0.6 is 23.5 Å². The third-order valence-corrected chi connectivity index (χ3v) is 6.04. The molecule has 0 saturated heterocycles. The Bertz CT molecular complexity index is 805. The van der Waals surface area contributed by atoms with Crippen molar-refractivity contribution in [1.82, 2.24) is 9.97 Å². The minimum absolute atomic E-state index is 0.0867. The van der Waals surface area contributed by atoms with Crippen molar-refractivity contribution in [2.24, 2.45) is 0 Å². The summed E-state index contributed by atoms with van der Waals surface area (Å²) in [6, 6.07) is 9.19. The zero-order valence-electron chi connectivity index (χ0n) is 15.5. The molecule has 1 atom stereocenters. The Morgan fingerprint density at radius 3 is 2.69 bits per heavy atom. The molecule has 0 aliphatic heterocycles. The second-order valence-corrected chi connectivity index (χ2v) is 8.98. The molecule has 26 heavy (non-hydrogen) atoms. The second-order valence-electron chi connectivity index (χ2n) is 6.22. The number of hydrogen-bond acceptors (Lipinski definition) is 5. The Labute approximate surface area is 162 Å². The predicted molar refractivity (Wildman–Crippen MR) is 111 cm³/mol. The first-order chi connectivity index (χ1) is 12.4. The molecule has 0 spiro atoms. The number of carbonyl (C=O) groups excluding carboxylic acids is 1. The van der Waals surface area contributed by atoms with Crippen LogP contribution in [0.3, 0.4) is 0 Å². The van der Waals surface area contributed by atoms with Crippen molar-refractivity contribution in [3.05, 3.63) is 51.9 Å². The average Bonchev–Trinajstić information content (AvgIpc) is 2.59. The smallest absolute Gasteiger partial charge is 0.251 e. The number of carbonyl (C=O) groups is 1. The van der Waals surface area contributed by atoms with Gasteiger partial charge in [-0.05, 0) is 30.2 Å².